The van der Waals surface area contributed by atoms with Gasteiger partial charge in [0.15, 0.2) is 8.32 Å². The van der Waals surface area contributed by atoms with Crippen molar-refractivity contribution in [3.05, 3.63) is 59.7 Å². The molecule has 0 radical (unpaired) electrons. The molecule has 1 N–H and O–H groups in total. The SMILES string of the molecule is COc1ccc(C(O[Si](C)(C)C)(c2ccc(OC)cc2)[C@@H]2CCCN2)cc1. The van der Waals surface area contributed by atoms with Crippen LogP contribution in [0.25, 0.3) is 0 Å². The summed E-state index contributed by atoms with van der Waals surface area (Å²) in [6, 6.07) is 16.9. The summed E-state index contributed by atoms with van der Waals surface area (Å²) in [6.07, 6.45) is 2.25. The van der Waals surface area contributed by atoms with Crippen LogP contribution in [0.5, 0.6) is 11.5 Å². The van der Waals surface area contributed by atoms with Gasteiger partial charge in [-0.3, -0.25) is 0 Å². The predicted molar refractivity (Wildman–Crippen MR) is 112 cm³/mol. The van der Waals surface area contributed by atoms with Gasteiger partial charge in [-0.05, 0) is 74.4 Å². The van der Waals surface area contributed by atoms with Gasteiger partial charge in [0, 0.05) is 6.04 Å². The minimum atomic E-state index is -1.87. The molecule has 1 atom stereocenters. The molecular weight excluding hydrogens is 354 g/mol. The number of hydrogen-bond donors (Lipinski definition) is 1. The molecule has 0 aliphatic carbocycles. The second kappa shape index (κ2) is 8.05. The van der Waals surface area contributed by atoms with Crippen molar-refractivity contribution in [3.63, 3.8) is 0 Å². The Kier molecular flexibility index (Phi) is 5.94. The molecule has 0 saturated carbocycles. The first-order valence-corrected chi connectivity index (χ1v) is 13.0. The zero-order chi connectivity index (χ0) is 19.5. The van der Waals surface area contributed by atoms with E-state index in [-0.39, 0.29) is 6.04 Å². The fourth-order valence-electron chi connectivity index (χ4n) is 3.95. The average molecular weight is 386 g/mol. The van der Waals surface area contributed by atoms with Crippen LogP contribution in [-0.2, 0) is 10.0 Å². The lowest BCUT2D eigenvalue weighted by Crippen LogP contribution is -2.53. The Morgan fingerprint density at radius 2 is 1.33 bits per heavy atom. The number of methoxy groups -OCH3 is 2. The number of hydrogen-bond acceptors (Lipinski definition) is 4. The van der Waals surface area contributed by atoms with Gasteiger partial charge in [0.1, 0.15) is 17.1 Å². The van der Waals surface area contributed by atoms with E-state index in [0.717, 1.165) is 42.0 Å². The number of nitrogens with one attached hydrogen (secondary N) is 1. The van der Waals surface area contributed by atoms with Gasteiger partial charge in [-0.1, -0.05) is 24.3 Å². The van der Waals surface area contributed by atoms with Gasteiger partial charge >= 0.3 is 0 Å². The highest BCUT2D eigenvalue weighted by molar-refractivity contribution is 6.69. The molecule has 3 rings (SSSR count). The van der Waals surface area contributed by atoms with E-state index < -0.39 is 13.9 Å². The van der Waals surface area contributed by atoms with Crippen LogP contribution in [0.1, 0.15) is 24.0 Å². The quantitative estimate of drug-likeness (QED) is 0.710. The van der Waals surface area contributed by atoms with Crippen molar-refractivity contribution in [2.45, 2.75) is 44.1 Å². The van der Waals surface area contributed by atoms with Gasteiger partial charge in [0.05, 0.1) is 14.2 Å². The van der Waals surface area contributed by atoms with Crippen LogP contribution in [-0.4, -0.2) is 35.1 Å². The fourth-order valence-corrected chi connectivity index (χ4v) is 5.29. The van der Waals surface area contributed by atoms with Crippen molar-refractivity contribution in [3.8, 4) is 11.5 Å². The molecule has 0 unspecified atom stereocenters. The number of ether oxygens (including phenoxy) is 2. The Hall–Kier alpha value is -1.82. The monoisotopic (exact) mass is 385 g/mol. The van der Waals surface area contributed by atoms with Crippen LogP contribution in [0.15, 0.2) is 48.5 Å². The molecule has 1 fully saturated rings. The molecule has 27 heavy (non-hydrogen) atoms. The largest absolute Gasteiger partial charge is 0.497 e. The second-order valence-corrected chi connectivity index (χ2v) is 12.5. The van der Waals surface area contributed by atoms with Crippen LogP contribution in [0.3, 0.4) is 0 Å². The second-order valence-electron chi connectivity index (χ2n) is 8.06. The highest BCUT2D eigenvalue weighted by Crippen LogP contribution is 2.43. The third kappa shape index (κ3) is 4.20. The molecule has 1 saturated heterocycles. The van der Waals surface area contributed by atoms with Crippen molar-refractivity contribution in [1.29, 1.82) is 0 Å². The summed E-state index contributed by atoms with van der Waals surface area (Å²) < 4.78 is 17.8. The number of benzene rings is 2. The maximum atomic E-state index is 7.02. The molecule has 1 aliphatic heterocycles. The van der Waals surface area contributed by atoms with Crippen molar-refractivity contribution < 1.29 is 13.9 Å². The van der Waals surface area contributed by atoms with Crippen molar-refractivity contribution >= 4 is 8.32 Å². The van der Waals surface area contributed by atoms with Gasteiger partial charge in [-0.2, -0.15) is 0 Å². The molecule has 2 aromatic rings. The smallest absolute Gasteiger partial charge is 0.185 e. The molecule has 0 aromatic heterocycles. The topological polar surface area (TPSA) is 39.7 Å². The standard InChI is InChI=1S/C22H31NO3Si/c1-24-19-12-8-17(9-13-19)22(26-27(3,4)5,21-7-6-16-23-21)18-10-14-20(25-2)15-11-18/h8-15,21,23H,6-7,16H2,1-5H3/t21-/m0/s1. The van der Waals surface area contributed by atoms with Gasteiger partial charge in [-0.15, -0.1) is 0 Å². The normalized spacial score (nSPS) is 17.7. The highest BCUT2D eigenvalue weighted by atomic mass is 28.4. The van der Waals surface area contributed by atoms with Crippen LogP contribution in [0.2, 0.25) is 19.6 Å². The molecule has 2 aromatic carbocycles. The van der Waals surface area contributed by atoms with Crippen LogP contribution in [0.4, 0.5) is 0 Å². The molecule has 5 heteroatoms. The lowest BCUT2D eigenvalue weighted by atomic mass is 9.79. The average Bonchev–Trinajstić information content (AvgIpc) is 3.21. The van der Waals surface area contributed by atoms with Crippen LogP contribution >= 0.6 is 0 Å². The zero-order valence-corrected chi connectivity index (χ0v) is 18.0. The Bertz CT molecular complexity index is 684. The Morgan fingerprint density at radius 3 is 1.67 bits per heavy atom. The lowest BCUT2D eigenvalue weighted by Gasteiger charge is -2.44. The summed E-state index contributed by atoms with van der Waals surface area (Å²) >= 11 is 0. The first-order chi connectivity index (χ1) is 12.9. The molecule has 0 bridgehead atoms. The van der Waals surface area contributed by atoms with Crippen LogP contribution in [0, 0.1) is 0 Å². The van der Waals surface area contributed by atoms with E-state index >= 15 is 0 Å². The van der Waals surface area contributed by atoms with Gasteiger partial charge in [-0.25, -0.2) is 0 Å². The molecule has 1 aliphatic rings. The summed E-state index contributed by atoms with van der Waals surface area (Å²) in [5, 5.41) is 3.71. The Morgan fingerprint density at radius 1 is 0.852 bits per heavy atom. The maximum Gasteiger partial charge on any atom is 0.185 e. The van der Waals surface area contributed by atoms with Crippen molar-refractivity contribution in [1.82, 2.24) is 5.32 Å². The first kappa shape index (κ1) is 19.9. The maximum absolute atomic E-state index is 7.02. The van der Waals surface area contributed by atoms with Gasteiger partial charge in [0.25, 0.3) is 0 Å². The Labute approximate surface area is 164 Å². The van der Waals surface area contributed by atoms with E-state index in [9.17, 15) is 0 Å². The minimum absolute atomic E-state index is 0.228. The molecule has 1 heterocycles. The summed E-state index contributed by atoms with van der Waals surface area (Å²) in [7, 11) is 1.52. The van der Waals surface area contributed by atoms with E-state index in [2.05, 4.69) is 49.2 Å². The molecule has 0 amide bonds. The molecular formula is C22H31NO3Si. The predicted octanol–water partition coefficient (Wildman–Crippen LogP) is 4.55. The van der Waals surface area contributed by atoms with Crippen LogP contribution < -0.4 is 14.8 Å². The third-order valence-electron chi connectivity index (χ3n) is 5.06. The van der Waals surface area contributed by atoms with E-state index in [1.807, 2.05) is 24.3 Å². The van der Waals surface area contributed by atoms with E-state index in [4.69, 9.17) is 13.9 Å². The molecule has 146 valence electrons. The van der Waals surface area contributed by atoms with Gasteiger partial charge in [0.2, 0.25) is 0 Å². The summed E-state index contributed by atoms with van der Waals surface area (Å²) in [5.74, 6) is 1.71. The summed E-state index contributed by atoms with van der Waals surface area (Å²) in [5.41, 5.74) is 1.80. The molecule has 4 nitrogen and oxygen atoms in total. The fraction of sp³-hybridized carbons (Fsp3) is 0.455. The zero-order valence-electron chi connectivity index (χ0n) is 17.0. The van der Waals surface area contributed by atoms with E-state index in [0.29, 0.717) is 0 Å². The van der Waals surface area contributed by atoms with E-state index in [1.165, 1.54) is 0 Å². The van der Waals surface area contributed by atoms with Crippen molar-refractivity contribution in [2.24, 2.45) is 0 Å². The Balaban J connectivity index is 2.19. The minimum Gasteiger partial charge on any atom is -0.497 e. The summed E-state index contributed by atoms with van der Waals surface area (Å²) in [6.45, 7) is 7.78. The van der Waals surface area contributed by atoms with Gasteiger partial charge < -0.3 is 19.2 Å². The molecule has 0 spiro atoms. The number of rotatable bonds is 7. The summed E-state index contributed by atoms with van der Waals surface area (Å²) in [4.78, 5) is 0. The van der Waals surface area contributed by atoms with E-state index in [1.54, 1.807) is 14.2 Å². The highest BCUT2D eigenvalue weighted by Gasteiger charge is 2.47. The van der Waals surface area contributed by atoms with Crippen molar-refractivity contribution in [2.75, 3.05) is 20.8 Å². The lowest BCUT2D eigenvalue weighted by molar-refractivity contribution is 0.0638. The first-order valence-electron chi connectivity index (χ1n) is 9.61. The third-order valence-corrected chi connectivity index (χ3v) is 5.99.